The molecule has 2 unspecified atom stereocenters. The van der Waals surface area contributed by atoms with E-state index in [1.165, 1.54) is 44.9 Å². The highest BCUT2D eigenvalue weighted by Crippen LogP contribution is 2.68. The summed E-state index contributed by atoms with van der Waals surface area (Å²) in [6.07, 6.45) is 14.3. The molecule has 1 aromatic heterocycles. The van der Waals surface area contributed by atoms with Crippen molar-refractivity contribution in [1.29, 1.82) is 0 Å². The van der Waals surface area contributed by atoms with E-state index in [4.69, 9.17) is 4.42 Å². The molecule has 0 spiro atoms. The Morgan fingerprint density at radius 3 is 2.57 bits per heavy atom. The standard InChI is InChI=1S/C27H42O3/c1-25-13-10-19(28)17-18(25)6-7-21-22-8-9-24(26(22,2)14-12-23(21)25)27(3,29)15-11-20-5-4-16-30-20/h4-5,16,18-19,21-24,28-29H,6-15,17H2,1-3H3/t18?,19-,21-,22-,23-,24-,25-,26-,27?/m0/s1. The first-order valence-corrected chi connectivity index (χ1v) is 12.7. The van der Waals surface area contributed by atoms with E-state index < -0.39 is 5.60 Å². The van der Waals surface area contributed by atoms with Crippen LogP contribution in [0.1, 0.15) is 90.7 Å². The summed E-state index contributed by atoms with van der Waals surface area (Å²) in [7, 11) is 0. The van der Waals surface area contributed by atoms with Gasteiger partial charge in [0.2, 0.25) is 0 Å². The molecular formula is C27H42O3. The summed E-state index contributed by atoms with van der Waals surface area (Å²) in [4.78, 5) is 0. The van der Waals surface area contributed by atoms with Crippen LogP contribution < -0.4 is 0 Å². The van der Waals surface area contributed by atoms with E-state index in [0.29, 0.717) is 11.3 Å². The van der Waals surface area contributed by atoms with E-state index in [9.17, 15) is 10.2 Å². The molecule has 0 bridgehead atoms. The number of aliphatic hydroxyl groups is 2. The Bertz CT molecular complexity index is 739. The minimum atomic E-state index is -0.626. The van der Waals surface area contributed by atoms with Crippen molar-refractivity contribution in [2.75, 3.05) is 0 Å². The van der Waals surface area contributed by atoms with Crippen LogP contribution in [-0.4, -0.2) is 21.9 Å². The minimum Gasteiger partial charge on any atom is -0.469 e. The zero-order chi connectivity index (χ0) is 21.1. The van der Waals surface area contributed by atoms with E-state index in [1.54, 1.807) is 6.26 Å². The minimum absolute atomic E-state index is 0.0615. The molecule has 1 aromatic rings. The van der Waals surface area contributed by atoms with Crippen molar-refractivity contribution in [1.82, 2.24) is 0 Å². The average molecular weight is 415 g/mol. The Morgan fingerprint density at radius 1 is 1.03 bits per heavy atom. The Labute approximate surface area is 182 Å². The molecule has 4 saturated carbocycles. The summed E-state index contributed by atoms with van der Waals surface area (Å²) < 4.78 is 5.53. The van der Waals surface area contributed by atoms with Gasteiger partial charge in [0.25, 0.3) is 0 Å². The van der Waals surface area contributed by atoms with Crippen molar-refractivity contribution in [3.63, 3.8) is 0 Å². The second-order valence-corrected chi connectivity index (χ2v) is 12.2. The van der Waals surface area contributed by atoms with Gasteiger partial charge < -0.3 is 14.6 Å². The highest BCUT2D eigenvalue weighted by Gasteiger charge is 2.62. The van der Waals surface area contributed by atoms with Crippen molar-refractivity contribution in [3.8, 4) is 0 Å². The molecule has 4 aliphatic carbocycles. The molecule has 4 aliphatic rings. The van der Waals surface area contributed by atoms with Gasteiger partial charge in [0.05, 0.1) is 18.0 Å². The molecule has 2 N–H and O–H groups in total. The average Bonchev–Trinajstić information content (AvgIpc) is 3.34. The lowest BCUT2D eigenvalue weighted by Gasteiger charge is -2.61. The Morgan fingerprint density at radius 2 is 1.80 bits per heavy atom. The molecule has 3 nitrogen and oxygen atoms in total. The lowest BCUT2D eigenvalue weighted by Crippen LogP contribution is -2.55. The van der Waals surface area contributed by atoms with Gasteiger partial charge in [-0.2, -0.15) is 0 Å². The molecule has 168 valence electrons. The van der Waals surface area contributed by atoms with Gasteiger partial charge >= 0.3 is 0 Å². The molecule has 0 aliphatic heterocycles. The summed E-state index contributed by atoms with van der Waals surface area (Å²) >= 11 is 0. The molecule has 0 aromatic carbocycles. The molecule has 0 radical (unpaired) electrons. The Kier molecular flexibility index (Phi) is 5.18. The van der Waals surface area contributed by atoms with Crippen molar-refractivity contribution >= 4 is 0 Å². The predicted molar refractivity (Wildman–Crippen MR) is 119 cm³/mol. The summed E-state index contributed by atoms with van der Waals surface area (Å²) in [6.45, 7) is 7.18. The molecule has 30 heavy (non-hydrogen) atoms. The van der Waals surface area contributed by atoms with Crippen LogP contribution >= 0.6 is 0 Å². The third-order valence-electron chi connectivity index (χ3n) is 10.8. The van der Waals surface area contributed by atoms with Gasteiger partial charge in [0, 0.05) is 6.42 Å². The number of fused-ring (bicyclic) bond motifs is 5. The molecule has 0 amide bonds. The van der Waals surface area contributed by atoms with Crippen LogP contribution in [-0.2, 0) is 6.42 Å². The summed E-state index contributed by atoms with van der Waals surface area (Å²) in [5.74, 6) is 4.52. The maximum atomic E-state index is 11.6. The normalized spacial score (nSPS) is 47.8. The van der Waals surface area contributed by atoms with Gasteiger partial charge in [-0.3, -0.25) is 0 Å². The van der Waals surface area contributed by atoms with E-state index >= 15 is 0 Å². The maximum absolute atomic E-state index is 11.6. The Hall–Kier alpha value is -0.800. The van der Waals surface area contributed by atoms with Gasteiger partial charge in [-0.1, -0.05) is 13.8 Å². The van der Waals surface area contributed by atoms with Crippen LogP contribution in [0.2, 0.25) is 0 Å². The van der Waals surface area contributed by atoms with Gasteiger partial charge in [0.1, 0.15) is 5.76 Å². The van der Waals surface area contributed by atoms with Crippen LogP contribution in [0.5, 0.6) is 0 Å². The van der Waals surface area contributed by atoms with E-state index in [1.807, 2.05) is 12.1 Å². The number of hydrogen-bond acceptors (Lipinski definition) is 3. The SMILES string of the molecule is CC(O)(CCc1ccco1)[C@H]1CC[C@H]2[C@@H]3CCC4C[C@@H](O)CC[C@]4(C)[C@H]3CC[C@]12C. The van der Waals surface area contributed by atoms with Gasteiger partial charge in [-0.15, -0.1) is 0 Å². The summed E-state index contributed by atoms with van der Waals surface area (Å²) in [6, 6.07) is 3.97. The molecule has 1 heterocycles. The fourth-order valence-electron chi connectivity index (χ4n) is 9.26. The molecule has 9 atom stereocenters. The van der Waals surface area contributed by atoms with E-state index in [2.05, 4.69) is 20.8 Å². The fourth-order valence-corrected chi connectivity index (χ4v) is 9.26. The van der Waals surface area contributed by atoms with Crippen LogP contribution in [0.25, 0.3) is 0 Å². The monoisotopic (exact) mass is 414 g/mol. The Balaban J connectivity index is 1.34. The highest BCUT2D eigenvalue weighted by atomic mass is 16.3. The topological polar surface area (TPSA) is 53.6 Å². The first kappa shape index (κ1) is 21.1. The van der Waals surface area contributed by atoms with Gasteiger partial charge in [-0.25, -0.2) is 0 Å². The lowest BCUT2D eigenvalue weighted by molar-refractivity contribution is -0.144. The van der Waals surface area contributed by atoms with Crippen LogP contribution in [0.4, 0.5) is 0 Å². The third kappa shape index (κ3) is 3.22. The van der Waals surface area contributed by atoms with Crippen LogP contribution in [0, 0.1) is 40.4 Å². The zero-order valence-electron chi connectivity index (χ0n) is 19.3. The molecule has 0 saturated heterocycles. The predicted octanol–water partition coefficient (Wildman–Crippen LogP) is 5.98. The van der Waals surface area contributed by atoms with Crippen LogP contribution in [0.15, 0.2) is 22.8 Å². The van der Waals surface area contributed by atoms with E-state index in [-0.39, 0.29) is 11.5 Å². The number of rotatable bonds is 4. The molecular weight excluding hydrogens is 372 g/mol. The lowest BCUT2D eigenvalue weighted by atomic mass is 9.44. The molecule has 5 rings (SSSR count). The first-order valence-electron chi connectivity index (χ1n) is 12.7. The first-order chi connectivity index (χ1) is 14.2. The molecule has 3 heteroatoms. The summed E-state index contributed by atoms with van der Waals surface area (Å²) in [5.41, 5.74) is 0.0771. The fraction of sp³-hybridized carbons (Fsp3) is 0.852. The van der Waals surface area contributed by atoms with Gasteiger partial charge in [0.15, 0.2) is 0 Å². The quantitative estimate of drug-likeness (QED) is 0.637. The number of hydrogen-bond donors (Lipinski definition) is 2. The highest BCUT2D eigenvalue weighted by molar-refractivity contribution is 5.12. The van der Waals surface area contributed by atoms with Crippen molar-refractivity contribution < 1.29 is 14.6 Å². The second-order valence-electron chi connectivity index (χ2n) is 12.2. The van der Waals surface area contributed by atoms with Gasteiger partial charge in [-0.05, 0) is 124 Å². The zero-order valence-corrected chi connectivity index (χ0v) is 19.3. The number of aliphatic hydroxyl groups excluding tert-OH is 1. The van der Waals surface area contributed by atoms with Crippen LogP contribution in [0.3, 0.4) is 0 Å². The largest absolute Gasteiger partial charge is 0.469 e. The summed E-state index contributed by atoms with van der Waals surface area (Å²) in [5, 5.41) is 21.9. The second kappa shape index (κ2) is 7.37. The number of furan rings is 1. The maximum Gasteiger partial charge on any atom is 0.103 e. The van der Waals surface area contributed by atoms with E-state index in [0.717, 1.165) is 55.1 Å². The van der Waals surface area contributed by atoms with Crippen molar-refractivity contribution in [2.45, 2.75) is 103 Å². The molecule has 4 fully saturated rings. The smallest absolute Gasteiger partial charge is 0.103 e. The van der Waals surface area contributed by atoms with Crippen molar-refractivity contribution in [2.24, 2.45) is 40.4 Å². The third-order valence-corrected chi connectivity index (χ3v) is 10.8. The number of aryl methyl sites for hydroxylation is 1. The van der Waals surface area contributed by atoms with Crippen molar-refractivity contribution in [3.05, 3.63) is 24.2 Å².